The van der Waals surface area contributed by atoms with E-state index in [9.17, 15) is 22.8 Å². The van der Waals surface area contributed by atoms with Crippen LogP contribution in [-0.4, -0.2) is 136 Å². The van der Waals surface area contributed by atoms with Crippen LogP contribution in [0.3, 0.4) is 0 Å². The number of nitrogens with one attached hydrogen (secondary N) is 8. The zero-order chi connectivity index (χ0) is 77.5. The molecule has 1 aliphatic rings. The van der Waals surface area contributed by atoms with Crippen molar-refractivity contribution in [3.8, 4) is 5.75 Å². The van der Waals surface area contributed by atoms with Crippen LogP contribution in [0.1, 0.15) is 140 Å². The Kier molecular flexibility index (Phi) is 25.6. The Morgan fingerprint density at radius 3 is 1.74 bits per heavy atom. The first-order valence-corrected chi connectivity index (χ1v) is 38.1. The zero-order valence-corrected chi connectivity index (χ0v) is 63.8. The number of imidazole rings is 1. The second-order valence-electron chi connectivity index (χ2n) is 29.0. The number of guanidine groups is 1. The van der Waals surface area contributed by atoms with Crippen LogP contribution in [0.5, 0.6) is 5.75 Å². The number of hydrogen-bond acceptors (Lipinski definition) is 13. The Bertz CT molecular complexity index is 4710. The number of aromatic nitrogens is 3. The van der Waals surface area contributed by atoms with Crippen molar-refractivity contribution in [2.75, 3.05) is 26.2 Å². The van der Waals surface area contributed by atoms with E-state index >= 15 is 19.2 Å². The Hall–Kier alpha value is -11.4. The molecule has 24 heteroatoms. The molecule has 6 amide bonds. The minimum Gasteiger partial charge on any atom is -0.487 e. The van der Waals surface area contributed by atoms with Gasteiger partial charge in [-0.3, -0.25) is 38.7 Å². The van der Waals surface area contributed by atoms with Crippen molar-refractivity contribution in [1.29, 1.82) is 5.41 Å². The molecule has 0 bridgehead atoms. The molecule has 566 valence electrons. The lowest BCUT2D eigenvalue weighted by Crippen LogP contribution is -2.59. The van der Waals surface area contributed by atoms with Crippen LogP contribution in [0, 0.1) is 26.2 Å². The number of para-hydroxylation sites is 1. The lowest BCUT2D eigenvalue weighted by molar-refractivity contribution is -0.138. The Morgan fingerprint density at radius 2 is 1.16 bits per heavy atom. The van der Waals surface area contributed by atoms with Gasteiger partial charge in [-0.15, -0.1) is 0 Å². The number of amides is 6. The molecule has 8 N–H and O–H groups in total. The van der Waals surface area contributed by atoms with Crippen LogP contribution >= 0.6 is 0 Å². The van der Waals surface area contributed by atoms with Crippen molar-refractivity contribution < 1.29 is 51.5 Å². The molecule has 23 nitrogen and oxygen atoms in total. The van der Waals surface area contributed by atoms with Gasteiger partial charge in [-0.25, -0.2) is 22.9 Å². The summed E-state index contributed by atoms with van der Waals surface area (Å²) in [6, 6.07) is 48.3. The maximum Gasteiger partial charge on any atom is 0.419 e. The van der Waals surface area contributed by atoms with E-state index in [1.165, 1.54) is 4.57 Å². The van der Waals surface area contributed by atoms with Gasteiger partial charge in [0.05, 0.1) is 29.0 Å². The summed E-state index contributed by atoms with van der Waals surface area (Å²) >= 11 is 0. The van der Waals surface area contributed by atoms with Gasteiger partial charge in [-0.1, -0.05) is 172 Å². The molecule has 0 radical (unpaired) electrons. The molecule has 0 aliphatic carbocycles. The second kappa shape index (κ2) is 34.9. The molecular weight excluding hydrogens is 1390 g/mol. The van der Waals surface area contributed by atoms with E-state index in [1.807, 2.05) is 136 Å². The summed E-state index contributed by atoms with van der Waals surface area (Å²) in [5.41, 5.74) is 5.00. The van der Waals surface area contributed by atoms with Gasteiger partial charge in [-0.2, -0.15) is 0 Å². The number of sulfonamides is 1. The molecule has 2 aromatic heterocycles. The maximum atomic E-state index is 15.6. The zero-order valence-electron chi connectivity index (χ0n) is 63.0. The van der Waals surface area contributed by atoms with Crippen LogP contribution in [0.15, 0.2) is 200 Å². The molecule has 7 aromatic carbocycles. The summed E-state index contributed by atoms with van der Waals surface area (Å²) in [5.74, 6) is -4.07. The van der Waals surface area contributed by atoms with Gasteiger partial charge in [0.25, 0.3) is 15.9 Å². The number of carbonyl (C=O) groups excluding carboxylic acids is 7. The first-order chi connectivity index (χ1) is 51.6. The summed E-state index contributed by atoms with van der Waals surface area (Å²) in [7, 11) is -4.36. The van der Waals surface area contributed by atoms with Crippen molar-refractivity contribution in [3.63, 3.8) is 0 Å². The predicted octanol–water partition coefficient (Wildman–Crippen LogP) is 10.4. The number of carbonyl (C=O) groups is 7. The quantitative estimate of drug-likeness (QED) is 0.00869. The third kappa shape index (κ3) is 19.0. The van der Waals surface area contributed by atoms with Crippen molar-refractivity contribution in [2.45, 2.75) is 166 Å². The first-order valence-electron chi connectivity index (χ1n) is 36.7. The van der Waals surface area contributed by atoms with E-state index in [-0.39, 0.29) is 43.5 Å². The van der Waals surface area contributed by atoms with Crippen LogP contribution in [0.25, 0.3) is 10.9 Å². The van der Waals surface area contributed by atoms with E-state index in [0.29, 0.717) is 88.1 Å². The summed E-state index contributed by atoms with van der Waals surface area (Å²) in [5, 5.41) is 26.7. The van der Waals surface area contributed by atoms with Crippen molar-refractivity contribution in [3.05, 3.63) is 256 Å². The molecule has 0 saturated carbocycles. The number of hydrogen-bond donors (Lipinski definition) is 8. The minimum absolute atomic E-state index is 0.0159. The number of ether oxygens (including phenoxy) is 2. The second-order valence-corrected chi connectivity index (χ2v) is 30.6. The van der Waals surface area contributed by atoms with Gasteiger partial charge in [0.15, 0.2) is 0 Å². The smallest absolute Gasteiger partial charge is 0.419 e. The minimum atomic E-state index is -4.36. The Labute approximate surface area is 631 Å². The van der Waals surface area contributed by atoms with Crippen molar-refractivity contribution >= 4 is 68.4 Å². The highest BCUT2D eigenvalue weighted by molar-refractivity contribution is 7.90. The lowest BCUT2D eigenvalue weighted by atomic mass is 9.77. The highest BCUT2D eigenvalue weighted by Gasteiger charge is 2.41. The summed E-state index contributed by atoms with van der Waals surface area (Å²) in [4.78, 5) is 110. The van der Waals surface area contributed by atoms with Crippen LogP contribution in [-0.2, 0) is 70.0 Å². The molecule has 0 spiro atoms. The highest BCUT2D eigenvalue weighted by atomic mass is 32.2. The molecule has 10 rings (SSSR count). The number of rotatable bonds is 31. The van der Waals surface area contributed by atoms with E-state index in [4.69, 9.17) is 19.9 Å². The standard InChI is InChI=1S/C84H98N12O11S/c1-11-45-94(46-12-2)79(102)70(48-60-52-96(81(103)107-82(6,7)8)71-43-29-28-41-65(60)71)92-76(99)67(42-30-44-86-80(85)93-108(104,105)74-56(4)55(3)73-66(57(74)5)50-83(9,10)106-73)90-77(100)68(47-58-31-18-13-19-32-58)91-78(101)69(89-72(97)51-87-75(98)59-33-20-14-21-34-59)49-64-53-95(54-88-64)84(61-35-22-15-23-36-61,62-37-24-16-25-38-62)63-39-26-17-27-40-63/h13-29,31-41,43,52-54,67-70H,11-12,30,42,44-51H2,1-10H3,(H,87,98)(H,89,97)(H,90,100)(H,91,101)(H,92,99)(H3,85,86,93)/t67-,68+,69-,70+/m0/s1. The summed E-state index contributed by atoms with van der Waals surface area (Å²) in [6.07, 6.45) is 5.45. The van der Waals surface area contributed by atoms with E-state index in [1.54, 1.807) is 138 Å². The van der Waals surface area contributed by atoms with Gasteiger partial charge in [0, 0.05) is 74.2 Å². The topological polar surface area (TPSA) is 306 Å². The van der Waals surface area contributed by atoms with Crippen molar-refractivity contribution in [1.82, 2.24) is 55.6 Å². The fraction of sp³-hybridized carbons (Fsp3) is 0.345. The molecular formula is C84H98N12O11S. The SMILES string of the molecule is CCCN(CCC)C(=O)[C@@H](Cc1cn(C(=O)OC(C)(C)C)c2ccccc12)NC(=O)[C@H](CCCNC(=N)NS(=O)(=O)c1c(C)c(C)c2c(c1C)CC(C)(C)O2)NC(=O)[C@@H](Cc1ccccc1)NC(=O)[C@H](Cc1cn(C(c2ccccc2)(c2ccccc2)c2ccccc2)cn1)NC(=O)CNC(=O)c1ccccc1. The average Bonchev–Trinajstić information content (AvgIpc) is 1.38. The van der Waals surface area contributed by atoms with Crippen molar-refractivity contribution in [2.24, 2.45) is 0 Å². The maximum absolute atomic E-state index is 15.6. The summed E-state index contributed by atoms with van der Waals surface area (Å²) < 4.78 is 46.4. The van der Waals surface area contributed by atoms with Gasteiger partial charge in [0.1, 0.15) is 46.7 Å². The third-order valence-corrected chi connectivity index (χ3v) is 20.8. The third-order valence-electron chi connectivity index (χ3n) is 19.1. The molecule has 3 heterocycles. The fourth-order valence-electron chi connectivity index (χ4n) is 14.1. The largest absolute Gasteiger partial charge is 0.487 e. The number of nitrogens with zero attached hydrogens (tertiary/aromatic N) is 4. The molecule has 0 fully saturated rings. The molecule has 0 saturated heterocycles. The molecule has 4 atom stereocenters. The van der Waals surface area contributed by atoms with Crippen LogP contribution in [0.4, 0.5) is 4.79 Å². The van der Waals surface area contributed by atoms with Crippen LogP contribution in [0.2, 0.25) is 0 Å². The first kappa shape index (κ1) is 79.2. The Balaban J connectivity index is 0.986. The highest BCUT2D eigenvalue weighted by Crippen LogP contribution is 2.44. The van der Waals surface area contributed by atoms with E-state index in [2.05, 4.69) is 36.6 Å². The molecule has 0 unspecified atom stereocenters. The van der Waals surface area contributed by atoms with E-state index < -0.39 is 105 Å². The summed E-state index contributed by atoms with van der Waals surface area (Å²) in [6.45, 7) is 18.3. The monoisotopic (exact) mass is 1480 g/mol. The number of fused-ring (bicyclic) bond motifs is 2. The van der Waals surface area contributed by atoms with Crippen LogP contribution < -0.4 is 41.4 Å². The van der Waals surface area contributed by atoms with Gasteiger partial charge < -0.3 is 50.8 Å². The average molecular weight is 1480 g/mol. The fourth-order valence-corrected chi connectivity index (χ4v) is 15.6. The lowest BCUT2D eigenvalue weighted by Gasteiger charge is -2.37. The predicted molar refractivity (Wildman–Crippen MR) is 416 cm³/mol. The normalized spacial score (nSPS) is 13.6. The van der Waals surface area contributed by atoms with Gasteiger partial charge in [-0.05, 0) is 144 Å². The molecule has 9 aromatic rings. The van der Waals surface area contributed by atoms with E-state index in [0.717, 1.165) is 22.3 Å². The number of benzene rings is 7. The molecule has 108 heavy (non-hydrogen) atoms. The molecule has 1 aliphatic heterocycles. The van der Waals surface area contributed by atoms with Gasteiger partial charge >= 0.3 is 6.09 Å². The van der Waals surface area contributed by atoms with Gasteiger partial charge in [0.2, 0.25) is 35.5 Å². The Morgan fingerprint density at radius 1 is 0.630 bits per heavy atom.